The number of hydrogen-bond acceptors (Lipinski definition) is 4. The molecular weight excluding hydrogens is 228 g/mol. The maximum Gasteiger partial charge on any atom is 0.225 e. The molecule has 2 rings (SSSR count). The maximum absolute atomic E-state index is 5.87. The van der Waals surface area contributed by atoms with Crippen LogP contribution in [0, 0.1) is 26.7 Å². The molecule has 0 unspecified atom stereocenters. The molecule has 0 aliphatic rings. The van der Waals surface area contributed by atoms with Gasteiger partial charge >= 0.3 is 0 Å². The first-order chi connectivity index (χ1) is 8.41. The predicted octanol–water partition coefficient (Wildman–Crippen LogP) is 3.64. The molecule has 2 aromatic rings. The molecule has 0 spiro atoms. The summed E-state index contributed by atoms with van der Waals surface area (Å²) < 4.78 is 10.8. The highest BCUT2D eigenvalue weighted by Gasteiger charge is 2.22. The average molecular weight is 248 g/mol. The molecule has 0 amide bonds. The molecule has 18 heavy (non-hydrogen) atoms. The van der Waals surface area contributed by atoms with Crippen LogP contribution in [-0.2, 0) is 6.42 Å². The van der Waals surface area contributed by atoms with E-state index in [1.807, 2.05) is 20.8 Å². The minimum absolute atomic E-state index is 0.413. The third-order valence-corrected chi connectivity index (χ3v) is 3.23. The molecule has 0 fully saturated rings. The number of nitrogens with zero attached hydrogens (tertiary/aromatic N) is 1. The summed E-state index contributed by atoms with van der Waals surface area (Å²) in [5, 5.41) is 4.11. The number of furan rings is 1. The van der Waals surface area contributed by atoms with Gasteiger partial charge in [0.1, 0.15) is 17.2 Å². The Bertz CT molecular complexity index is 565. The number of hydrogen-bond donors (Lipinski definition) is 1. The lowest BCUT2D eigenvalue weighted by atomic mass is 9.97. The van der Waals surface area contributed by atoms with Crippen LogP contribution in [0.15, 0.2) is 8.94 Å². The Morgan fingerprint density at radius 3 is 2.33 bits per heavy atom. The van der Waals surface area contributed by atoms with Crippen molar-refractivity contribution in [3.8, 4) is 11.3 Å². The molecule has 0 atom stereocenters. The quantitative estimate of drug-likeness (QED) is 0.900. The summed E-state index contributed by atoms with van der Waals surface area (Å²) >= 11 is 0. The zero-order valence-electron chi connectivity index (χ0n) is 11.6. The van der Waals surface area contributed by atoms with E-state index in [4.69, 9.17) is 14.7 Å². The van der Waals surface area contributed by atoms with Crippen molar-refractivity contribution in [3.05, 3.63) is 22.6 Å². The third-order valence-electron chi connectivity index (χ3n) is 3.23. The normalized spacial score (nSPS) is 11.4. The van der Waals surface area contributed by atoms with E-state index in [0.717, 1.165) is 40.3 Å². The topological polar surface area (TPSA) is 65.2 Å². The van der Waals surface area contributed by atoms with Crippen molar-refractivity contribution in [1.82, 2.24) is 5.16 Å². The van der Waals surface area contributed by atoms with Gasteiger partial charge in [-0.05, 0) is 38.7 Å². The Labute approximate surface area is 107 Å². The molecule has 0 aliphatic heterocycles. The van der Waals surface area contributed by atoms with Crippen molar-refractivity contribution in [3.63, 3.8) is 0 Å². The molecule has 4 nitrogen and oxygen atoms in total. The molecule has 0 saturated heterocycles. The monoisotopic (exact) mass is 248 g/mol. The van der Waals surface area contributed by atoms with Crippen LogP contribution in [0.4, 0.5) is 5.88 Å². The molecule has 0 saturated carbocycles. The molecule has 0 bridgehead atoms. The van der Waals surface area contributed by atoms with Crippen LogP contribution in [-0.4, -0.2) is 5.16 Å². The second kappa shape index (κ2) is 4.52. The average Bonchev–Trinajstić information content (AvgIpc) is 2.71. The molecule has 2 aromatic heterocycles. The fourth-order valence-electron chi connectivity index (χ4n) is 2.27. The number of nitrogen functional groups attached to an aromatic ring is 1. The maximum atomic E-state index is 5.87. The zero-order valence-corrected chi connectivity index (χ0v) is 11.6. The van der Waals surface area contributed by atoms with E-state index < -0.39 is 0 Å². The minimum Gasteiger partial charge on any atom is -0.466 e. The van der Waals surface area contributed by atoms with Crippen LogP contribution in [0.5, 0.6) is 0 Å². The molecule has 2 N–H and O–H groups in total. The predicted molar refractivity (Wildman–Crippen MR) is 71.4 cm³/mol. The van der Waals surface area contributed by atoms with Gasteiger partial charge in [-0.3, -0.25) is 0 Å². The summed E-state index contributed by atoms with van der Waals surface area (Å²) in [6, 6.07) is 0. The summed E-state index contributed by atoms with van der Waals surface area (Å²) in [6.45, 7) is 10.2. The summed E-state index contributed by atoms with van der Waals surface area (Å²) in [6.07, 6.45) is 0.855. The smallest absolute Gasteiger partial charge is 0.225 e. The highest BCUT2D eigenvalue weighted by molar-refractivity contribution is 5.72. The van der Waals surface area contributed by atoms with Crippen LogP contribution in [0.2, 0.25) is 0 Å². The van der Waals surface area contributed by atoms with Gasteiger partial charge in [0.05, 0.1) is 0 Å². The lowest BCUT2D eigenvalue weighted by Gasteiger charge is -2.05. The fourth-order valence-corrected chi connectivity index (χ4v) is 2.27. The first kappa shape index (κ1) is 12.7. The highest BCUT2D eigenvalue weighted by Crippen LogP contribution is 2.35. The third kappa shape index (κ3) is 2.03. The van der Waals surface area contributed by atoms with Gasteiger partial charge < -0.3 is 14.7 Å². The van der Waals surface area contributed by atoms with Crippen LogP contribution >= 0.6 is 0 Å². The van der Waals surface area contributed by atoms with Crippen molar-refractivity contribution in [2.45, 2.75) is 41.0 Å². The van der Waals surface area contributed by atoms with Gasteiger partial charge in [-0.25, -0.2) is 0 Å². The molecule has 98 valence electrons. The Kier molecular flexibility index (Phi) is 3.20. The van der Waals surface area contributed by atoms with Crippen molar-refractivity contribution >= 4 is 5.88 Å². The standard InChI is InChI=1S/C14H20N2O2/c1-7(2)6-11-13(16-18-14(11)15)12-8(3)9(4)17-10(12)5/h7H,6,15H2,1-5H3. The van der Waals surface area contributed by atoms with Gasteiger partial charge in [0.15, 0.2) is 0 Å². The molecule has 0 aromatic carbocycles. The van der Waals surface area contributed by atoms with E-state index in [-0.39, 0.29) is 0 Å². The number of aryl methyl sites for hydroxylation is 2. The second-order valence-corrected chi connectivity index (χ2v) is 5.19. The lowest BCUT2D eigenvalue weighted by Crippen LogP contribution is -1.99. The van der Waals surface area contributed by atoms with Crippen molar-refractivity contribution in [1.29, 1.82) is 0 Å². The van der Waals surface area contributed by atoms with E-state index in [1.165, 1.54) is 0 Å². The SMILES string of the molecule is Cc1oc(C)c(-c2noc(N)c2CC(C)C)c1C. The largest absolute Gasteiger partial charge is 0.466 e. The first-order valence-electron chi connectivity index (χ1n) is 6.22. The Hall–Kier alpha value is -1.71. The molecule has 0 aliphatic carbocycles. The van der Waals surface area contributed by atoms with Gasteiger partial charge in [-0.15, -0.1) is 0 Å². The summed E-state index contributed by atoms with van der Waals surface area (Å²) in [7, 11) is 0. The Balaban J connectivity index is 2.57. The molecular formula is C14H20N2O2. The van der Waals surface area contributed by atoms with Gasteiger partial charge in [0.25, 0.3) is 0 Å². The first-order valence-corrected chi connectivity index (χ1v) is 6.22. The van der Waals surface area contributed by atoms with E-state index >= 15 is 0 Å². The number of nitrogens with two attached hydrogens (primary N) is 1. The van der Waals surface area contributed by atoms with Crippen molar-refractivity contribution in [2.24, 2.45) is 5.92 Å². The molecule has 4 heteroatoms. The van der Waals surface area contributed by atoms with E-state index in [9.17, 15) is 0 Å². The Morgan fingerprint density at radius 2 is 1.83 bits per heavy atom. The summed E-state index contributed by atoms with van der Waals surface area (Å²) in [5.41, 5.74) is 9.80. The number of anilines is 1. The molecule has 2 heterocycles. The number of rotatable bonds is 3. The van der Waals surface area contributed by atoms with Crippen LogP contribution in [0.3, 0.4) is 0 Å². The summed E-state index contributed by atoms with van der Waals surface area (Å²) in [4.78, 5) is 0. The van der Waals surface area contributed by atoms with Gasteiger partial charge in [-0.1, -0.05) is 19.0 Å². The molecule has 0 radical (unpaired) electrons. The van der Waals surface area contributed by atoms with Gasteiger partial charge in [0, 0.05) is 11.1 Å². The minimum atomic E-state index is 0.413. The lowest BCUT2D eigenvalue weighted by molar-refractivity contribution is 0.437. The fraction of sp³-hybridized carbons (Fsp3) is 0.500. The Morgan fingerprint density at radius 1 is 1.17 bits per heavy atom. The van der Waals surface area contributed by atoms with Crippen molar-refractivity contribution < 1.29 is 8.94 Å². The van der Waals surface area contributed by atoms with E-state index in [0.29, 0.717) is 11.8 Å². The van der Waals surface area contributed by atoms with Gasteiger partial charge in [0.2, 0.25) is 5.88 Å². The van der Waals surface area contributed by atoms with Crippen LogP contribution in [0.25, 0.3) is 11.3 Å². The van der Waals surface area contributed by atoms with Crippen molar-refractivity contribution in [2.75, 3.05) is 5.73 Å². The zero-order chi connectivity index (χ0) is 13.4. The highest BCUT2D eigenvalue weighted by atomic mass is 16.5. The number of aromatic nitrogens is 1. The van der Waals surface area contributed by atoms with Gasteiger partial charge in [-0.2, -0.15) is 0 Å². The second-order valence-electron chi connectivity index (χ2n) is 5.19. The van der Waals surface area contributed by atoms with E-state index in [2.05, 4.69) is 19.0 Å². The summed E-state index contributed by atoms with van der Waals surface area (Å²) in [5.74, 6) is 2.69. The van der Waals surface area contributed by atoms with Crippen LogP contribution in [0.1, 0.15) is 36.5 Å². The van der Waals surface area contributed by atoms with Crippen LogP contribution < -0.4 is 5.73 Å². The van der Waals surface area contributed by atoms with E-state index in [1.54, 1.807) is 0 Å².